The highest BCUT2D eigenvalue weighted by Crippen LogP contribution is 2.24. The fourth-order valence-corrected chi connectivity index (χ4v) is 1.72. The summed E-state index contributed by atoms with van der Waals surface area (Å²) in [6.45, 7) is 2.04. The van der Waals surface area contributed by atoms with Gasteiger partial charge in [0, 0.05) is 16.9 Å². The van der Waals surface area contributed by atoms with Gasteiger partial charge in [0.15, 0.2) is 0 Å². The minimum atomic E-state index is -0.0701. The van der Waals surface area contributed by atoms with Gasteiger partial charge in [0.1, 0.15) is 0 Å². The molecule has 1 aromatic rings. The highest BCUT2D eigenvalue weighted by Gasteiger charge is 2.08. The summed E-state index contributed by atoms with van der Waals surface area (Å²) in [4.78, 5) is 0. The number of nitrogens with two attached hydrogens (primary N) is 1. The third-order valence-corrected chi connectivity index (χ3v) is 2.61. The molecule has 0 aliphatic heterocycles. The second kappa shape index (κ2) is 4.45. The molecule has 2 N–H and O–H groups in total. The lowest BCUT2D eigenvalue weighted by molar-refractivity contribution is 0.749. The Morgan fingerprint density at radius 2 is 2.31 bits per heavy atom. The van der Waals surface area contributed by atoms with E-state index in [-0.39, 0.29) is 6.04 Å². The second-order valence-corrected chi connectivity index (χ2v) is 3.89. The monoisotopic (exact) mass is 237 g/mol. The first-order valence-electron chi connectivity index (χ1n) is 4.10. The van der Waals surface area contributed by atoms with Crippen LogP contribution in [0.15, 0.2) is 22.7 Å². The maximum atomic E-state index is 5.90. The topological polar surface area (TPSA) is 26.0 Å². The lowest BCUT2D eigenvalue weighted by atomic mass is 10.0. The van der Waals surface area contributed by atoms with Gasteiger partial charge in [0.25, 0.3) is 0 Å². The van der Waals surface area contributed by atoms with Crippen LogP contribution in [0.1, 0.15) is 23.6 Å². The molecule has 0 aliphatic carbocycles. The lowest BCUT2D eigenvalue weighted by Crippen LogP contribution is -2.10. The van der Waals surface area contributed by atoms with Crippen LogP contribution >= 0.6 is 15.9 Å². The van der Waals surface area contributed by atoms with Crippen molar-refractivity contribution < 1.29 is 0 Å². The van der Waals surface area contributed by atoms with Crippen molar-refractivity contribution in [2.75, 3.05) is 0 Å². The number of hydrogen-bond acceptors (Lipinski definition) is 1. The van der Waals surface area contributed by atoms with E-state index in [2.05, 4.69) is 27.9 Å². The molecule has 1 rings (SSSR count). The van der Waals surface area contributed by atoms with Gasteiger partial charge in [-0.05, 0) is 18.6 Å². The average molecular weight is 238 g/mol. The summed E-state index contributed by atoms with van der Waals surface area (Å²) in [5, 5.41) is 0. The fourth-order valence-electron chi connectivity index (χ4n) is 1.18. The number of benzene rings is 1. The Bertz CT molecular complexity index is 338. The summed E-state index contributed by atoms with van der Waals surface area (Å²) in [7, 11) is 0. The molecule has 0 bridgehead atoms. The average Bonchev–Trinajstić information content (AvgIpc) is 2.09. The summed E-state index contributed by atoms with van der Waals surface area (Å²) in [6, 6.07) is 6.03. The quantitative estimate of drug-likeness (QED) is 0.787. The van der Waals surface area contributed by atoms with Gasteiger partial charge >= 0.3 is 0 Å². The number of terminal acetylenes is 1. The normalized spacial score (nSPS) is 12.2. The van der Waals surface area contributed by atoms with E-state index in [1.54, 1.807) is 0 Å². The molecular formula is C11H12BrN. The highest BCUT2D eigenvalue weighted by atomic mass is 79.9. The van der Waals surface area contributed by atoms with Crippen molar-refractivity contribution in [2.45, 2.75) is 19.4 Å². The summed E-state index contributed by atoms with van der Waals surface area (Å²) in [6.07, 6.45) is 5.78. The minimum absolute atomic E-state index is 0.0701. The maximum Gasteiger partial charge on any atom is 0.0417 e. The third-order valence-electron chi connectivity index (χ3n) is 1.89. The van der Waals surface area contributed by atoms with Gasteiger partial charge in [0.05, 0.1) is 0 Å². The van der Waals surface area contributed by atoms with Crippen molar-refractivity contribution in [3.63, 3.8) is 0 Å². The van der Waals surface area contributed by atoms with Gasteiger partial charge in [-0.2, -0.15) is 0 Å². The summed E-state index contributed by atoms with van der Waals surface area (Å²) >= 11 is 3.45. The first-order valence-corrected chi connectivity index (χ1v) is 4.89. The Labute approximate surface area is 87.5 Å². The molecule has 0 heterocycles. The van der Waals surface area contributed by atoms with Crippen LogP contribution in [0.4, 0.5) is 0 Å². The van der Waals surface area contributed by atoms with Crippen molar-refractivity contribution in [2.24, 2.45) is 5.73 Å². The van der Waals surface area contributed by atoms with E-state index in [0.717, 1.165) is 10.0 Å². The predicted molar refractivity (Wildman–Crippen MR) is 59.3 cm³/mol. The van der Waals surface area contributed by atoms with Gasteiger partial charge in [-0.3, -0.25) is 0 Å². The first-order chi connectivity index (χ1) is 6.15. The van der Waals surface area contributed by atoms with E-state index in [1.165, 1.54) is 5.56 Å². The zero-order valence-electron chi connectivity index (χ0n) is 7.55. The van der Waals surface area contributed by atoms with E-state index in [4.69, 9.17) is 12.2 Å². The summed E-state index contributed by atoms with van der Waals surface area (Å²) in [5.74, 6) is 2.57. The van der Waals surface area contributed by atoms with Crippen molar-refractivity contribution in [3.8, 4) is 12.3 Å². The molecule has 0 saturated heterocycles. The smallest absolute Gasteiger partial charge is 0.0417 e. The van der Waals surface area contributed by atoms with Crippen molar-refractivity contribution in [1.29, 1.82) is 0 Å². The SMILES string of the molecule is C#CCC(N)c1cc(C)ccc1Br. The van der Waals surface area contributed by atoms with Gasteiger partial charge in [0.2, 0.25) is 0 Å². The van der Waals surface area contributed by atoms with Gasteiger partial charge < -0.3 is 5.73 Å². The number of hydrogen-bond donors (Lipinski definition) is 1. The second-order valence-electron chi connectivity index (χ2n) is 3.04. The molecule has 0 spiro atoms. The van der Waals surface area contributed by atoms with Crippen LogP contribution in [-0.2, 0) is 0 Å². The summed E-state index contributed by atoms with van der Waals surface area (Å²) < 4.78 is 1.03. The zero-order chi connectivity index (χ0) is 9.84. The Morgan fingerprint density at radius 1 is 1.62 bits per heavy atom. The zero-order valence-corrected chi connectivity index (χ0v) is 9.14. The van der Waals surface area contributed by atoms with Gasteiger partial charge in [-0.15, -0.1) is 12.3 Å². The molecule has 0 radical (unpaired) electrons. The largest absolute Gasteiger partial charge is 0.323 e. The maximum absolute atomic E-state index is 5.90. The van der Waals surface area contributed by atoms with E-state index >= 15 is 0 Å². The molecule has 1 atom stereocenters. The molecule has 0 aliphatic rings. The fraction of sp³-hybridized carbons (Fsp3) is 0.273. The van der Waals surface area contributed by atoms with E-state index < -0.39 is 0 Å². The standard InChI is InChI=1S/C11H12BrN/c1-3-4-11(13)9-7-8(2)5-6-10(9)12/h1,5-7,11H,4,13H2,2H3. The van der Waals surface area contributed by atoms with E-state index in [1.807, 2.05) is 19.1 Å². The van der Waals surface area contributed by atoms with Gasteiger partial charge in [-0.25, -0.2) is 0 Å². The molecule has 68 valence electrons. The van der Waals surface area contributed by atoms with Crippen molar-refractivity contribution in [3.05, 3.63) is 33.8 Å². The number of halogens is 1. The number of rotatable bonds is 2. The Hall–Kier alpha value is -0.780. The Balaban J connectivity index is 3.00. The first kappa shape index (κ1) is 10.3. The molecule has 1 aromatic carbocycles. The van der Waals surface area contributed by atoms with Gasteiger partial charge in [-0.1, -0.05) is 33.6 Å². The van der Waals surface area contributed by atoms with Crippen LogP contribution in [-0.4, -0.2) is 0 Å². The van der Waals surface area contributed by atoms with Crippen LogP contribution in [0.2, 0.25) is 0 Å². The van der Waals surface area contributed by atoms with Crippen molar-refractivity contribution in [1.82, 2.24) is 0 Å². The molecular weight excluding hydrogens is 226 g/mol. The molecule has 0 amide bonds. The van der Waals surface area contributed by atoms with Crippen LogP contribution in [0.5, 0.6) is 0 Å². The van der Waals surface area contributed by atoms with E-state index in [0.29, 0.717) is 6.42 Å². The molecule has 0 saturated carbocycles. The third kappa shape index (κ3) is 2.58. The van der Waals surface area contributed by atoms with Crippen LogP contribution in [0.3, 0.4) is 0 Å². The molecule has 0 aromatic heterocycles. The molecule has 2 heteroatoms. The molecule has 0 fully saturated rings. The molecule has 1 nitrogen and oxygen atoms in total. The highest BCUT2D eigenvalue weighted by molar-refractivity contribution is 9.10. The van der Waals surface area contributed by atoms with Crippen LogP contribution < -0.4 is 5.73 Å². The van der Waals surface area contributed by atoms with Crippen molar-refractivity contribution >= 4 is 15.9 Å². The Kier molecular flexibility index (Phi) is 3.53. The molecule has 1 unspecified atom stereocenters. The van der Waals surface area contributed by atoms with Crippen LogP contribution in [0, 0.1) is 19.3 Å². The lowest BCUT2D eigenvalue weighted by Gasteiger charge is -2.11. The molecule has 13 heavy (non-hydrogen) atoms. The number of aryl methyl sites for hydroxylation is 1. The Morgan fingerprint density at radius 3 is 2.92 bits per heavy atom. The van der Waals surface area contributed by atoms with E-state index in [9.17, 15) is 0 Å². The predicted octanol–water partition coefficient (Wildman–Crippen LogP) is 2.78. The minimum Gasteiger partial charge on any atom is -0.323 e. The summed E-state index contributed by atoms with van der Waals surface area (Å²) in [5.41, 5.74) is 8.18. The van der Waals surface area contributed by atoms with Crippen LogP contribution in [0.25, 0.3) is 0 Å².